The molecule has 4 aromatic rings. The van der Waals surface area contributed by atoms with Crippen LogP contribution in [0.4, 0.5) is 5.69 Å². The SMILES string of the molecule is Cc1sc2c(c1C)C(c1ccc(Cl)cc1)=N[C@@H](CC(=O)Nc1ccc3c(c1)C[C@@H]1CON=C31)c1nnc(C)n1-2. The lowest BCUT2D eigenvalue weighted by molar-refractivity contribution is -0.116. The number of halogens is 1. The van der Waals surface area contributed by atoms with Gasteiger partial charge in [-0.25, -0.2) is 0 Å². The van der Waals surface area contributed by atoms with Crippen molar-refractivity contribution in [3.05, 3.63) is 91.8 Å². The number of thiophene rings is 1. The fraction of sp³-hybridized carbons (Fsp3) is 0.276. The summed E-state index contributed by atoms with van der Waals surface area (Å²) in [5.41, 5.74) is 8.04. The van der Waals surface area contributed by atoms with Crippen molar-refractivity contribution in [3.63, 3.8) is 0 Å². The number of oxime groups is 1. The summed E-state index contributed by atoms with van der Waals surface area (Å²) in [6, 6.07) is 13.1. The number of fused-ring (bicyclic) bond motifs is 6. The summed E-state index contributed by atoms with van der Waals surface area (Å²) in [6.45, 7) is 6.78. The van der Waals surface area contributed by atoms with Gasteiger partial charge in [0.2, 0.25) is 5.91 Å². The first kappa shape index (κ1) is 24.2. The van der Waals surface area contributed by atoms with E-state index in [-0.39, 0.29) is 12.3 Å². The topological polar surface area (TPSA) is 93.8 Å². The molecule has 0 spiro atoms. The average Bonchev–Trinajstić information content (AvgIpc) is 3.64. The zero-order chi connectivity index (χ0) is 26.8. The zero-order valence-electron chi connectivity index (χ0n) is 21.7. The number of carbonyl (C=O) groups excluding carboxylic acids is 1. The highest BCUT2D eigenvalue weighted by atomic mass is 35.5. The van der Waals surface area contributed by atoms with E-state index < -0.39 is 6.04 Å². The Morgan fingerprint density at radius 3 is 2.79 bits per heavy atom. The van der Waals surface area contributed by atoms with Gasteiger partial charge in [-0.15, -0.1) is 21.5 Å². The molecule has 1 N–H and O–H groups in total. The van der Waals surface area contributed by atoms with Gasteiger partial charge in [0.1, 0.15) is 23.5 Å². The van der Waals surface area contributed by atoms with E-state index in [9.17, 15) is 4.79 Å². The third-order valence-corrected chi connectivity index (χ3v) is 9.14. The predicted molar refractivity (Wildman–Crippen MR) is 153 cm³/mol. The summed E-state index contributed by atoms with van der Waals surface area (Å²) >= 11 is 7.90. The van der Waals surface area contributed by atoms with Gasteiger partial charge in [-0.1, -0.05) is 35.0 Å². The Balaban J connectivity index is 1.25. The smallest absolute Gasteiger partial charge is 0.227 e. The van der Waals surface area contributed by atoms with Crippen LogP contribution in [0, 0.1) is 26.7 Å². The summed E-state index contributed by atoms with van der Waals surface area (Å²) in [6.07, 6.45) is 1.00. The van der Waals surface area contributed by atoms with E-state index >= 15 is 0 Å². The van der Waals surface area contributed by atoms with Crippen molar-refractivity contribution in [1.29, 1.82) is 0 Å². The lowest BCUT2D eigenvalue weighted by Crippen LogP contribution is -2.17. The molecular formula is C29H25ClN6O2S. The maximum absolute atomic E-state index is 13.4. The van der Waals surface area contributed by atoms with E-state index in [2.05, 4.69) is 39.1 Å². The van der Waals surface area contributed by atoms with E-state index in [0.29, 0.717) is 23.4 Å². The quantitative estimate of drug-likeness (QED) is 0.347. The van der Waals surface area contributed by atoms with Crippen LogP contribution in [0.2, 0.25) is 5.02 Å². The highest BCUT2D eigenvalue weighted by molar-refractivity contribution is 7.15. The first-order chi connectivity index (χ1) is 18.9. The van der Waals surface area contributed by atoms with E-state index in [4.69, 9.17) is 21.4 Å². The fourth-order valence-electron chi connectivity index (χ4n) is 5.65. The molecule has 0 saturated carbocycles. The number of hydrogen-bond donors (Lipinski definition) is 1. The van der Waals surface area contributed by atoms with Crippen LogP contribution in [-0.2, 0) is 16.1 Å². The van der Waals surface area contributed by atoms with Crippen LogP contribution in [0.5, 0.6) is 0 Å². The van der Waals surface area contributed by atoms with Crippen molar-refractivity contribution in [2.24, 2.45) is 16.1 Å². The molecule has 0 saturated heterocycles. The summed E-state index contributed by atoms with van der Waals surface area (Å²) < 4.78 is 2.06. The lowest BCUT2D eigenvalue weighted by Gasteiger charge is -2.13. The molecule has 2 aliphatic heterocycles. The second-order valence-electron chi connectivity index (χ2n) is 10.2. The molecule has 8 nitrogen and oxygen atoms in total. The molecule has 2 aromatic carbocycles. The van der Waals surface area contributed by atoms with Crippen molar-refractivity contribution in [2.75, 3.05) is 11.9 Å². The van der Waals surface area contributed by atoms with Crippen LogP contribution in [0.3, 0.4) is 0 Å². The number of anilines is 1. The van der Waals surface area contributed by atoms with Crippen molar-refractivity contribution < 1.29 is 9.63 Å². The number of aryl methyl sites for hydroxylation is 2. The minimum absolute atomic E-state index is 0.127. The van der Waals surface area contributed by atoms with Crippen LogP contribution >= 0.6 is 22.9 Å². The van der Waals surface area contributed by atoms with Crippen LogP contribution in [0.1, 0.15) is 56.8 Å². The van der Waals surface area contributed by atoms with Crippen LogP contribution in [0.25, 0.3) is 5.00 Å². The number of hydrogen-bond acceptors (Lipinski definition) is 7. The summed E-state index contributed by atoms with van der Waals surface area (Å²) in [5, 5.41) is 17.8. The van der Waals surface area contributed by atoms with E-state index in [0.717, 1.165) is 56.6 Å². The van der Waals surface area contributed by atoms with E-state index in [1.807, 2.05) is 49.4 Å². The zero-order valence-corrected chi connectivity index (χ0v) is 23.2. The van der Waals surface area contributed by atoms with Gasteiger partial charge in [0, 0.05) is 38.2 Å². The van der Waals surface area contributed by atoms with E-state index in [1.54, 1.807) is 11.3 Å². The van der Waals surface area contributed by atoms with Crippen molar-refractivity contribution >= 4 is 46.0 Å². The minimum atomic E-state index is -0.517. The largest absolute Gasteiger partial charge is 0.395 e. The normalized spacial score (nSPS) is 18.8. The molecule has 39 heavy (non-hydrogen) atoms. The minimum Gasteiger partial charge on any atom is -0.395 e. The number of nitrogens with one attached hydrogen (secondary N) is 1. The van der Waals surface area contributed by atoms with E-state index in [1.165, 1.54) is 10.4 Å². The van der Waals surface area contributed by atoms with Crippen molar-refractivity contribution in [1.82, 2.24) is 14.8 Å². The number of nitrogens with zero attached hydrogens (tertiary/aromatic N) is 5. The Labute approximate surface area is 234 Å². The molecule has 1 aliphatic carbocycles. The first-order valence-corrected chi connectivity index (χ1v) is 14.1. The van der Waals surface area contributed by atoms with Gasteiger partial charge in [-0.05, 0) is 62.6 Å². The molecule has 3 aliphatic rings. The fourth-order valence-corrected chi connectivity index (χ4v) is 6.99. The van der Waals surface area contributed by atoms with Gasteiger partial charge in [0.15, 0.2) is 5.82 Å². The molecule has 2 atom stereocenters. The van der Waals surface area contributed by atoms with Crippen LogP contribution in [0.15, 0.2) is 52.6 Å². The molecule has 1 amide bonds. The number of carbonyl (C=O) groups is 1. The Bertz CT molecular complexity index is 1720. The Hall–Kier alpha value is -3.82. The standard InChI is InChI=1S/C29H25ClN6O2S/c1-14-15(2)39-29-25(14)27(17-4-6-20(30)7-5-17)32-23(28-34-33-16(3)36(28)29)12-24(37)31-21-8-9-22-18(11-21)10-19-13-38-35-26(19)22/h4-9,11,19,23H,10,12-13H2,1-3H3,(H,31,37)/t19-,23+/m1/s1. The van der Waals surface area contributed by atoms with Gasteiger partial charge in [-0.3, -0.25) is 14.4 Å². The number of aliphatic imine (C=N–C) groups is 1. The molecule has 2 aromatic heterocycles. The molecule has 0 radical (unpaired) electrons. The molecule has 10 heteroatoms. The molecule has 0 bridgehead atoms. The third kappa shape index (κ3) is 3.99. The number of aromatic nitrogens is 3. The molecule has 0 fully saturated rings. The van der Waals surface area contributed by atoms with Crippen molar-refractivity contribution in [2.45, 2.75) is 39.7 Å². The van der Waals surface area contributed by atoms with Crippen LogP contribution < -0.4 is 5.32 Å². The maximum Gasteiger partial charge on any atom is 0.227 e. The molecule has 7 rings (SSSR count). The first-order valence-electron chi connectivity index (χ1n) is 12.9. The monoisotopic (exact) mass is 556 g/mol. The van der Waals surface area contributed by atoms with Crippen LogP contribution in [-0.4, -0.2) is 38.7 Å². The Kier molecular flexibility index (Phi) is 5.68. The summed E-state index contributed by atoms with van der Waals surface area (Å²) in [5.74, 6) is 1.60. The van der Waals surface area contributed by atoms with Gasteiger partial charge in [0.25, 0.3) is 0 Å². The highest BCUT2D eigenvalue weighted by Crippen LogP contribution is 2.40. The second-order valence-corrected chi connectivity index (χ2v) is 11.8. The van der Waals surface area contributed by atoms with Gasteiger partial charge in [0.05, 0.1) is 17.8 Å². The summed E-state index contributed by atoms with van der Waals surface area (Å²) in [4.78, 5) is 25.1. The summed E-state index contributed by atoms with van der Waals surface area (Å²) in [7, 11) is 0. The molecule has 4 heterocycles. The average molecular weight is 557 g/mol. The van der Waals surface area contributed by atoms with Crippen molar-refractivity contribution in [3.8, 4) is 5.00 Å². The molecule has 196 valence electrons. The van der Waals surface area contributed by atoms with Gasteiger partial charge in [-0.2, -0.15) is 0 Å². The Morgan fingerprint density at radius 2 is 1.97 bits per heavy atom. The van der Waals surface area contributed by atoms with Gasteiger partial charge < -0.3 is 10.2 Å². The second kappa shape index (κ2) is 9.14. The predicted octanol–water partition coefficient (Wildman–Crippen LogP) is 5.73. The molecule has 0 unspecified atom stereocenters. The number of benzene rings is 2. The number of amides is 1. The Morgan fingerprint density at radius 1 is 1.15 bits per heavy atom. The lowest BCUT2D eigenvalue weighted by atomic mass is 9.99. The molecular weight excluding hydrogens is 532 g/mol. The maximum atomic E-state index is 13.4. The van der Waals surface area contributed by atoms with Gasteiger partial charge >= 0.3 is 0 Å². The highest BCUT2D eigenvalue weighted by Gasteiger charge is 2.34. The third-order valence-electron chi connectivity index (χ3n) is 7.69. The number of rotatable bonds is 4.